The fourth-order valence-corrected chi connectivity index (χ4v) is 8.05. The molecule has 18 heteroatoms. The van der Waals surface area contributed by atoms with Gasteiger partial charge in [-0.15, -0.1) is 0 Å². The number of hydrogen-bond donors (Lipinski definition) is 5. The number of aryl methyl sites for hydroxylation is 2. The number of rotatable bonds is 12. The first-order valence-electron chi connectivity index (χ1n) is 22.9. The largest absolute Gasteiger partial charge is 0.494 e. The highest BCUT2D eigenvalue weighted by Gasteiger charge is 2.29. The van der Waals surface area contributed by atoms with Crippen molar-refractivity contribution >= 4 is 75.5 Å². The first kappa shape index (κ1) is 52.9. The van der Waals surface area contributed by atoms with Crippen LogP contribution in [0.1, 0.15) is 92.9 Å². The minimum Gasteiger partial charge on any atom is -0.494 e. The molecule has 4 aliphatic rings. The topological polar surface area (TPSA) is 196 Å². The Bertz CT molecular complexity index is 2400. The van der Waals surface area contributed by atoms with E-state index in [4.69, 9.17) is 10.5 Å². The molecular formula is C50H59F2IN8O7. The molecule has 0 spiro atoms. The molecule has 9 amide bonds. The average molecular weight is 1050 g/mol. The molecule has 7 rings (SSSR count). The zero-order valence-corrected chi connectivity index (χ0v) is 40.7. The number of amides is 9. The SMILES string of the molecule is Cc1cc(C#CC2CCNCC2)cc(F)c1N1CCC(=O)NC1=O.Cc1cc(C#CCCCI)cc(F)c1N1CCC(=O)NC1=O.NCCCCCCOc1cccc(N2CCC(=O)NC2=O)c1. The molecule has 3 aromatic carbocycles. The van der Waals surface area contributed by atoms with Crippen LogP contribution in [0.4, 0.5) is 40.2 Å². The number of nitrogens with two attached hydrogens (primary N) is 1. The molecule has 4 saturated heterocycles. The lowest BCUT2D eigenvalue weighted by molar-refractivity contribution is -0.121. The molecule has 4 aliphatic heterocycles. The van der Waals surface area contributed by atoms with Crippen molar-refractivity contribution in [2.24, 2.45) is 11.7 Å². The second kappa shape index (κ2) is 27.0. The number of unbranched alkanes of at least 4 members (excludes halogenated alkanes) is 4. The third-order valence-corrected chi connectivity index (χ3v) is 11.9. The molecule has 0 radical (unpaired) electrons. The summed E-state index contributed by atoms with van der Waals surface area (Å²) >= 11 is 2.29. The number of imide groups is 3. The summed E-state index contributed by atoms with van der Waals surface area (Å²) in [5.74, 6) is 11.4. The van der Waals surface area contributed by atoms with E-state index in [2.05, 4.69) is 67.5 Å². The van der Waals surface area contributed by atoms with Gasteiger partial charge in [0.2, 0.25) is 17.7 Å². The lowest BCUT2D eigenvalue weighted by atomic mass is 9.98. The van der Waals surface area contributed by atoms with Gasteiger partial charge in [0.1, 0.15) is 17.4 Å². The maximum absolute atomic E-state index is 14.5. The maximum atomic E-state index is 14.5. The van der Waals surface area contributed by atoms with Crippen LogP contribution >= 0.6 is 22.6 Å². The molecule has 0 unspecified atom stereocenters. The fourth-order valence-electron chi connectivity index (χ4n) is 7.67. The summed E-state index contributed by atoms with van der Waals surface area (Å²) in [7, 11) is 0. The van der Waals surface area contributed by atoms with Gasteiger partial charge in [-0.25, -0.2) is 23.2 Å². The molecule has 0 saturated carbocycles. The van der Waals surface area contributed by atoms with E-state index in [1.54, 1.807) is 30.9 Å². The van der Waals surface area contributed by atoms with Crippen LogP contribution in [0.3, 0.4) is 0 Å². The van der Waals surface area contributed by atoms with E-state index < -0.39 is 23.7 Å². The highest BCUT2D eigenvalue weighted by atomic mass is 127. The Kier molecular flexibility index (Phi) is 21.0. The number of piperidine rings is 1. The summed E-state index contributed by atoms with van der Waals surface area (Å²) < 4.78 is 35.7. The monoisotopic (exact) mass is 1050 g/mol. The van der Waals surface area contributed by atoms with Gasteiger partial charge in [0.05, 0.1) is 18.0 Å². The Balaban J connectivity index is 0.000000191. The Hall–Kier alpha value is -6.09. The van der Waals surface area contributed by atoms with Crippen molar-refractivity contribution in [3.8, 4) is 29.4 Å². The Morgan fingerprint density at radius 2 is 1.22 bits per heavy atom. The molecule has 4 fully saturated rings. The van der Waals surface area contributed by atoms with Crippen LogP contribution in [0.25, 0.3) is 0 Å². The predicted molar refractivity (Wildman–Crippen MR) is 266 cm³/mol. The van der Waals surface area contributed by atoms with E-state index in [-0.39, 0.29) is 61.1 Å². The van der Waals surface area contributed by atoms with Gasteiger partial charge < -0.3 is 15.8 Å². The Morgan fingerprint density at radius 3 is 1.74 bits per heavy atom. The van der Waals surface area contributed by atoms with Gasteiger partial charge in [-0.05, 0) is 113 Å². The number of carbonyl (C=O) groups is 6. The van der Waals surface area contributed by atoms with E-state index >= 15 is 0 Å². The average Bonchev–Trinajstić information content (AvgIpc) is 3.30. The van der Waals surface area contributed by atoms with Crippen LogP contribution < -0.4 is 46.4 Å². The van der Waals surface area contributed by atoms with Crippen molar-refractivity contribution < 1.29 is 42.3 Å². The van der Waals surface area contributed by atoms with Crippen LogP contribution in [-0.4, -0.2) is 86.1 Å². The summed E-state index contributed by atoms with van der Waals surface area (Å²) in [6.45, 7) is 7.57. The first-order valence-corrected chi connectivity index (χ1v) is 24.4. The lowest BCUT2D eigenvalue weighted by Gasteiger charge is -2.28. The Morgan fingerprint density at radius 1 is 0.691 bits per heavy atom. The zero-order chi connectivity index (χ0) is 49.0. The summed E-state index contributed by atoms with van der Waals surface area (Å²) in [6, 6.07) is 12.1. The standard InChI is InChI=1S/C18H20FN3O2.C16H16FIN2O2.C16H23N3O3/c1-12-10-14(3-2-13-4-7-20-8-5-13)11-15(19)17(12)22-9-6-16(23)21-18(22)24;1-11-9-12(5-3-2-4-7-18)10-13(17)15(11)20-8-6-14(21)19-16(20)22;17-9-3-1-2-4-11-22-14-7-5-6-13(12-14)19-10-8-15(20)18-16(19)21/h10-11,13,20H,4-9H2,1H3,(H,21,23,24);9-10H,2,4,6-8H2,1H3,(H,19,21,22);5-7,12H,1-4,8-11,17H2,(H,18,20,21). The van der Waals surface area contributed by atoms with Crippen LogP contribution in [0.15, 0.2) is 48.5 Å². The van der Waals surface area contributed by atoms with Crippen molar-refractivity contribution in [2.45, 2.75) is 84.5 Å². The van der Waals surface area contributed by atoms with Crippen molar-refractivity contribution in [3.05, 3.63) is 82.4 Å². The molecular weight excluding hydrogens is 989 g/mol. The second-order valence-corrected chi connectivity index (χ2v) is 17.5. The molecule has 3 aromatic rings. The number of ether oxygens (including phenoxy) is 1. The van der Waals surface area contributed by atoms with Gasteiger partial charge in [0, 0.05) is 78.5 Å². The maximum Gasteiger partial charge on any atom is 0.328 e. The number of halogens is 3. The highest BCUT2D eigenvalue weighted by molar-refractivity contribution is 14.1. The van der Waals surface area contributed by atoms with Crippen LogP contribution in [0.5, 0.6) is 5.75 Å². The van der Waals surface area contributed by atoms with Crippen LogP contribution in [0.2, 0.25) is 0 Å². The quantitative estimate of drug-likeness (QED) is 0.0544. The molecule has 6 N–H and O–H groups in total. The van der Waals surface area contributed by atoms with E-state index in [0.717, 1.165) is 86.9 Å². The summed E-state index contributed by atoms with van der Waals surface area (Å²) in [6.07, 6.45) is 8.74. The molecule has 362 valence electrons. The number of carbonyl (C=O) groups excluding carboxylic acids is 6. The fraction of sp³-hybridized carbons (Fsp3) is 0.440. The summed E-state index contributed by atoms with van der Waals surface area (Å²) in [5.41, 5.74) is 9.09. The molecule has 68 heavy (non-hydrogen) atoms. The van der Waals surface area contributed by atoms with Crippen molar-refractivity contribution in [1.82, 2.24) is 21.3 Å². The lowest BCUT2D eigenvalue weighted by Crippen LogP contribution is -2.50. The summed E-state index contributed by atoms with van der Waals surface area (Å²) in [4.78, 5) is 73.3. The third kappa shape index (κ3) is 16.0. The highest BCUT2D eigenvalue weighted by Crippen LogP contribution is 2.29. The van der Waals surface area contributed by atoms with Crippen molar-refractivity contribution in [3.63, 3.8) is 0 Å². The number of nitrogens with zero attached hydrogens (tertiary/aromatic N) is 3. The van der Waals surface area contributed by atoms with Gasteiger partial charge in [0.15, 0.2) is 0 Å². The third-order valence-electron chi connectivity index (χ3n) is 11.1. The van der Waals surface area contributed by atoms with E-state index in [1.165, 1.54) is 21.9 Å². The second-order valence-electron chi connectivity index (χ2n) is 16.4. The molecule has 4 heterocycles. The number of urea groups is 3. The van der Waals surface area contributed by atoms with Gasteiger partial charge in [-0.1, -0.05) is 65.2 Å². The number of alkyl halides is 1. The van der Waals surface area contributed by atoms with Gasteiger partial charge >= 0.3 is 18.1 Å². The van der Waals surface area contributed by atoms with Crippen LogP contribution in [0, 0.1) is 55.1 Å². The molecule has 0 bridgehead atoms. The molecule has 0 aliphatic carbocycles. The van der Waals surface area contributed by atoms with Gasteiger partial charge in [0.25, 0.3) is 0 Å². The minimum absolute atomic E-state index is 0.169. The van der Waals surface area contributed by atoms with Gasteiger partial charge in [-0.2, -0.15) is 0 Å². The number of benzene rings is 3. The smallest absolute Gasteiger partial charge is 0.328 e. The zero-order valence-electron chi connectivity index (χ0n) is 38.5. The normalized spacial score (nSPS) is 16.1. The first-order chi connectivity index (χ1) is 32.8. The van der Waals surface area contributed by atoms with E-state index in [9.17, 15) is 37.5 Å². The number of nitrogens with one attached hydrogen (secondary N) is 4. The van der Waals surface area contributed by atoms with Gasteiger partial charge in [-0.3, -0.25) is 45.0 Å². The molecule has 15 nitrogen and oxygen atoms in total. The van der Waals surface area contributed by atoms with E-state index in [0.29, 0.717) is 47.7 Å². The predicted octanol–water partition coefficient (Wildman–Crippen LogP) is 7.11. The summed E-state index contributed by atoms with van der Waals surface area (Å²) in [5, 5.41) is 10.0. The van der Waals surface area contributed by atoms with Crippen molar-refractivity contribution in [2.75, 3.05) is 65.0 Å². The van der Waals surface area contributed by atoms with E-state index in [1.807, 2.05) is 24.3 Å². The molecule has 0 atom stereocenters. The molecule has 0 aromatic heterocycles. The van der Waals surface area contributed by atoms with Crippen molar-refractivity contribution in [1.29, 1.82) is 0 Å². The number of anilines is 3. The number of hydrogen-bond acceptors (Lipinski definition) is 9. The Labute approximate surface area is 410 Å². The minimum atomic E-state index is -0.584. The van der Waals surface area contributed by atoms with Crippen LogP contribution in [-0.2, 0) is 14.4 Å².